The first kappa shape index (κ1) is 61.4. The molecule has 2 aliphatic rings. The summed E-state index contributed by atoms with van der Waals surface area (Å²) in [4.78, 5) is 31.8. The number of aromatic nitrogens is 6. The minimum Gasteiger partial charge on any atom is -0.208 e. The fraction of sp³-hybridized carbons (Fsp3) is 0.0625. The molecule has 0 amide bonds. The Hall–Kier alpha value is -12.9. The Morgan fingerprint density at radius 1 is 0.167 bits per heavy atom. The third-order valence-corrected chi connectivity index (χ3v) is 20.9. The van der Waals surface area contributed by atoms with Crippen molar-refractivity contribution in [3.8, 4) is 124 Å². The van der Waals surface area contributed by atoms with Gasteiger partial charge in [-0.1, -0.05) is 344 Å². The van der Waals surface area contributed by atoms with Gasteiger partial charge in [0.25, 0.3) is 0 Å². The quantitative estimate of drug-likeness (QED) is 0.114. The zero-order valence-electron chi connectivity index (χ0n) is 57.0. The Bertz CT molecular complexity index is 5760. The van der Waals surface area contributed by atoms with E-state index in [9.17, 15) is 0 Å². The largest absolute Gasteiger partial charge is 0.208 e. The van der Waals surface area contributed by atoms with Crippen LogP contribution in [0.4, 0.5) is 0 Å². The van der Waals surface area contributed by atoms with Crippen molar-refractivity contribution in [3.63, 3.8) is 0 Å². The number of benzene rings is 14. The van der Waals surface area contributed by atoms with E-state index >= 15 is 0 Å². The highest BCUT2D eigenvalue weighted by atomic mass is 15.0. The molecular weight excluding hydrogens is 1240 g/mol. The van der Waals surface area contributed by atoms with Crippen molar-refractivity contribution in [2.75, 3.05) is 0 Å². The minimum atomic E-state index is -0.582. The predicted molar refractivity (Wildman–Crippen MR) is 416 cm³/mol. The second kappa shape index (κ2) is 25.1. The molecule has 102 heavy (non-hydrogen) atoms. The van der Waals surface area contributed by atoms with E-state index in [2.05, 4.69) is 343 Å². The smallest absolute Gasteiger partial charge is 0.164 e. The number of hydrogen-bond donors (Lipinski definition) is 0. The summed E-state index contributed by atoms with van der Waals surface area (Å²) in [6, 6.07) is 123. The second-order valence-electron chi connectivity index (χ2n) is 27.2. The molecule has 6 heteroatoms. The molecule has 0 aliphatic heterocycles. The normalized spacial score (nSPS) is 12.9. The van der Waals surface area contributed by atoms with Crippen LogP contribution < -0.4 is 0 Å². The van der Waals surface area contributed by atoms with E-state index in [0.29, 0.717) is 34.9 Å². The van der Waals surface area contributed by atoms with Gasteiger partial charge in [0.05, 0.1) is 10.8 Å². The molecule has 0 saturated heterocycles. The summed E-state index contributed by atoms with van der Waals surface area (Å²) in [5.74, 6) is 3.62. The molecule has 16 aromatic rings. The number of rotatable bonds is 13. The average Bonchev–Trinajstić information content (AvgIpc) is 1.54. The first-order chi connectivity index (χ1) is 50.1. The molecule has 0 bridgehead atoms. The summed E-state index contributed by atoms with van der Waals surface area (Å²) in [6.07, 6.45) is 0. The van der Waals surface area contributed by atoms with Crippen LogP contribution in [0, 0.1) is 27.7 Å². The predicted octanol–water partition coefficient (Wildman–Crippen LogP) is 23.0. The van der Waals surface area contributed by atoms with Crippen molar-refractivity contribution in [2.24, 2.45) is 0 Å². The molecule has 0 saturated carbocycles. The molecule has 0 atom stereocenters. The van der Waals surface area contributed by atoms with Crippen molar-refractivity contribution < 1.29 is 0 Å². The molecular formula is C96H68N6. The lowest BCUT2D eigenvalue weighted by atomic mass is 9.67. The molecule has 0 spiro atoms. The molecule has 0 unspecified atom stereocenters. The lowest BCUT2D eigenvalue weighted by Crippen LogP contribution is -2.28. The van der Waals surface area contributed by atoms with E-state index in [-0.39, 0.29) is 0 Å². The van der Waals surface area contributed by atoms with Gasteiger partial charge in [-0.15, -0.1) is 0 Å². The van der Waals surface area contributed by atoms with Gasteiger partial charge in [0.15, 0.2) is 34.9 Å². The highest BCUT2D eigenvalue weighted by Gasteiger charge is 2.48. The summed E-state index contributed by atoms with van der Waals surface area (Å²) in [5.41, 5.74) is 30.4. The maximum Gasteiger partial charge on any atom is 0.164 e. The first-order valence-corrected chi connectivity index (χ1v) is 35.0. The van der Waals surface area contributed by atoms with Crippen LogP contribution in [0.3, 0.4) is 0 Å². The Balaban J connectivity index is 0.682. The van der Waals surface area contributed by atoms with Crippen LogP contribution in [0.15, 0.2) is 340 Å². The van der Waals surface area contributed by atoms with Gasteiger partial charge in [0, 0.05) is 33.4 Å². The molecule has 0 N–H and O–H groups in total. The first-order valence-electron chi connectivity index (χ1n) is 35.0. The van der Waals surface area contributed by atoms with Gasteiger partial charge in [0.1, 0.15) is 0 Å². The zero-order valence-corrected chi connectivity index (χ0v) is 57.0. The molecule has 482 valence electrons. The van der Waals surface area contributed by atoms with Gasteiger partial charge in [0.2, 0.25) is 0 Å². The summed E-state index contributed by atoms with van der Waals surface area (Å²) in [5, 5.41) is 0. The number of hydrogen-bond acceptors (Lipinski definition) is 6. The monoisotopic (exact) mass is 1300 g/mol. The maximum absolute atomic E-state index is 5.36. The highest BCUT2D eigenvalue weighted by molar-refractivity contribution is 5.91. The average molecular weight is 1310 g/mol. The lowest BCUT2D eigenvalue weighted by molar-refractivity contribution is 0.767. The van der Waals surface area contributed by atoms with E-state index in [1.807, 2.05) is 24.3 Å². The molecule has 14 aromatic carbocycles. The molecule has 2 heterocycles. The highest BCUT2D eigenvalue weighted by Crippen LogP contribution is 2.59. The van der Waals surface area contributed by atoms with Crippen molar-refractivity contribution in [2.45, 2.75) is 38.5 Å². The molecule has 2 aliphatic carbocycles. The summed E-state index contributed by atoms with van der Waals surface area (Å²) in [7, 11) is 0. The Kier molecular flexibility index (Phi) is 15.1. The van der Waals surface area contributed by atoms with Crippen LogP contribution in [0.25, 0.3) is 124 Å². The van der Waals surface area contributed by atoms with Crippen LogP contribution in [0.2, 0.25) is 0 Å². The molecule has 6 nitrogen and oxygen atoms in total. The SMILES string of the molecule is Cc1ccc(C2(c3ccc(C)cc3)c3ccccc3-c3cc(-c4nc(-c5ccc(-c6ccccc6)cc5)nc(-c5ccc(-c6cccc(-c7ccc(-c8nc(-c9ccccc9)nc(-c9ccc%10c(c9)C(c9ccc(C)cc9)(c9ccc(C)cc9)c9ccccc9-%10)n8)cc7)c6)cc5)n4)ccc32)cc1. The summed E-state index contributed by atoms with van der Waals surface area (Å²) in [6.45, 7) is 8.61. The van der Waals surface area contributed by atoms with Gasteiger partial charge in [-0.3, -0.25) is 0 Å². The van der Waals surface area contributed by atoms with Gasteiger partial charge in [-0.2, -0.15) is 0 Å². The van der Waals surface area contributed by atoms with Gasteiger partial charge in [-0.05, 0) is 146 Å². The lowest BCUT2D eigenvalue weighted by Gasteiger charge is -2.34. The van der Waals surface area contributed by atoms with E-state index < -0.39 is 10.8 Å². The zero-order chi connectivity index (χ0) is 68.5. The van der Waals surface area contributed by atoms with Crippen molar-refractivity contribution >= 4 is 0 Å². The third kappa shape index (κ3) is 10.6. The number of aryl methyl sites for hydroxylation is 4. The van der Waals surface area contributed by atoms with E-state index in [1.165, 1.54) is 83.5 Å². The second-order valence-corrected chi connectivity index (χ2v) is 27.2. The maximum atomic E-state index is 5.36. The van der Waals surface area contributed by atoms with E-state index in [0.717, 1.165) is 72.3 Å². The molecule has 0 fully saturated rings. The van der Waals surface area contributed by atoms with Crippen molar-refractivity contribution in [3.05, 3.63) is 406 Å². The van der Waals surface area contributed by atoms with Gasteiger partial charge < -0.3 is 0 Å². The minimum absolute atomic E-state index is 0.538. The Morgan fingerprint density at radius 3 is 0.853 bits per heavy atom. The fourth-order valence-corrected chi connectivity index (χ4v) is 15.7. The van der Waals surface area contributed by atoms with E-state index in [4.69, 9.17) is 29.9 Å². The summed E-state index contributed by atoms with van der Waals surface area (Å²) < 4.78 is 0. The van der Waals surface area contributed by atoms with Crippen LogP contribution in [0.5, 0.6) is 0 Å². The summed E-state index contributed by atoms with van der Waals surface area (Å²) >= 11 is 0. The number of nitrogens with zero attached hydrogens (tertiary/aromatic N) is 6. The third-order valence-electron chi connectivity index (χ3n) is 20.9. The van der Waals surface area contributed by atoms with Crippen molar-refractivity contribution in [1.82, 2.24) is 29.9 Å². The van der Waals surface area contributed by atoms with Crippen LogP contribution in [-0.2, 0) is 10.8 Å². The van der Waals surface area contributed by atoms with Crippen molar-refractivity contribution in [1.29, 1.82) is 0 Å². The topological polar surface area (TPSA) is 77.3 Å². The molecule has 2 aromatic heterocycles. The van der Waals surface area contributed by atoms with Crippen LogP contribution >= 0.6 is 0 Å². The van der Waals surface area contributed by atoms with Crippen LogP contribution in [-0.4, -0.2) is 29.9 Å². The van der Waals surface area contributed by atoms with E-state index in [1.54, 1.807) is 0 Å². The van der Waals surface area contributed by atoms with Crippen LogP contribution in [0.1, 0.15) is 66.8 Å². The van der Waals surface area contributed by atoms with Gasteiger partial charge >= 0.3 is 0 Å². The Labute approximate surface area is 595 Å². The molecule has 0 radical (unpaired) electrons. The fourth-order valence-electron chi connectivity index (χ4n) is 15.7. The van der Waals surface area contributed by atoms with Gasteiger partial charge in [-0.25, -0.2) is 29.9 Å². The number of fused-ring (bicyclic) bond motifs is 6. The molecule has 18 rings (SSSR count). The standard InChI is InChI=1S/C96H68N6/c1-61-26-48-77(49-27-61)95(78-50-28-62(2)29-51-78)86-25-14-12-23-82(86)84-59-75(47-57-87(84)95)93-100-91(70-40-34-66(35-41-70)65-16-7-5-8-17-65)98-92(101-93)72-44-38-68(39-45-72)74-21-15-20-73(58-74)67-36-42-71(43-37-67)90-97-89(69-18-9-6-10-19-69)99-94(102-90)76-46-56-83-81-22-11-13-24-85(81)96(88(83)60-76,79-52-30-63(3)31-53-79)80-54-32-64(4)33-55-80/h5-60H,1-4H3. The Morgan fingerprint density at radius 2 is 0.431 bits per heavy atom.